The molecule has 0 unspecified atom stereocenters. The fraction of sp³-hybridized carbons (Fsp3) is 0.304. The Labute approximate surface area is 185 Å². The van der Waals surface area contributed by atoms with E-state index in [0.717, 1.165) is 10.9 Å². The molecule has 4 rings (SSSR count). The van der Waals surface area contributed by atoms with Gasteiger partial charge in [-0.2, -0.15) is 0 Å². The van der Waals surface area contributed by atoms with Crippen LogP contribution in [-0.2, 0) is 17.8 Å². The van der Waals surface area contributed by atoms with Crippen molar-refractivity contribution in [3.8, 4) is 11.5 Å². The maximum atomic E-state index is 12.8. The van der Waals surface area contributed by atoms with Gasteiger partial charge in [0.1, 0.15) is 13.2 Å². The number of ether oxygens (including phenoxy) is 3. The maximum absolute atomic E-state index is 12.8. The first-order valence-electron chi connectivity index (χ1n) is 10.2. The number of nitrogens with zero attached hydrogens (tertiary/aromatic N) is 1. The maximum Gasteiger partial charge on any atom is 0.253 e. The van der Waals surface area contributed by atoms with Gasteiger partial charge in [-0.05, 0) is 29.9 Å². The summed E-state index contributed by atoms with van der Waals surface area (Å²) in [6.45, 7) is 3.11. The zero-order valence-corrected chi connectivity index (χ0v) is 18.2. The first kappa shape index (κ1) is 21.1. The number of H-pyrrole nitrogens is 1. The van der Waals surface area contributed by atoms with Crippen LogP contribution in [0, 0.1) is 0 Å². The third-order valence-electron chi connectivity index (χ3n) is 5.03. The highest BCUT2D eigenvalue weighted by Crippen LogP contribution is 2.33. The van der Waals surface area contributed by atoms with E-state index in [2.05, 4.69) is 10.3 Å². The minimum atomic E-state index is -0.151. The summed E-state index contributed by atoms with van der Waals surface area (Å²) in [5.74, 6) is 1.34. The van der Waals surface area contributed by atoms with Crippen LogP contribution < -0.4 is 20.3 Å². The van der Waals surface area contributed by atoms with Crippen molar-refractivity contribution in [1.29, 1.82) is 0 Å². The second-order valence-electron chi connectivity index (χ2n) is 7.27. The van der Waals surface area contributed by atoms with Crippen molar-refractivity contribution in [1.82, 2.24) is 15.2 Å². The molecule has 162 valence electrons. The van der Waals surface area contributed by atoms with Gasteiger partial charge in [-0.25, -0.2) is 0 Å². The number of benzene rings is 2. The largest absolute Gasteiger partial charge is 0.486 e. The molecule has 0 atom stereocenters. The van der Waals surface area contributed by atoms with Gasteiger partial charge in [0, 0.05) is 37.2 Å². The van der Waals surface area contributed by atoms with E-state index in [1.807, 2.05) is 53.4 Å². The highest BCUT2D eigenvalue weighted by molar-refractivity contribution is 7.80. The molecule has 1 aromatic heterocycles. The van der Waals surface area contributed by atoms with Crippen LogP contribution in [0.5, 0.6) is 11.5 Å². The van der Waals surface area contributed by atoms with Crippen LogP contribution in [0.15, 0.2) is 53.3 Å². The van der Waals surface area contributed by atoms with Crippen LogP contribution in [0.3, 0.4) is 0 Å². The smallest absolute Gasteiger partial charge is 0.253 e. The fourth-order valence-corrected chi connectivity index (χ4v) is 3.72. The summed E-state index contributed by atoms with van der Waals surface area (Å²) >= 11 is 5.62. The lowest BCUT2D eigenvalue weighted by Gasteiger charge is -2.26. The molecular weight excluding hydrogens is 414 g/mol. The number of hydrogen-bond acceptors (Lipinski definition) is 5. The molecule has 0 amide bonds. The van der Waals surface area contributed by atoms with Crippen LogP contribution in [0.4, 0.5) is 0 Å². The number of aromatic amines is 1. The minimum Gasteiger partial charge on any atom is -0.486 e. The van der Waals surface area contributed by atoms with E-state index < -0.39 is 0 Å². The van der Waals surface area contributed by atoms with Crippen molar-refractivity contribution in [2.24, 2.45) is 0 Å². The molecule has 8 heteroatoms. The Morgan fingerprint density at radius 3 is 2.61 bits per heavy atom. The number of nitrogens with one attached hydrogen (secondary N) is 2. The molecule has 0 saturated heterocycles. The van der Waals surface area contributed by atoms with Gasteiger partial charge in [-0.3, -0.25) is 4.79 Å². The van der Waals surface area contributed by atoms with Crippen molar-refractivity contribution in [3.05, 3.63) is 70.0 Å². The molecule has 0 aliphatic carbocycles. The molecule has 1 aliphatic heterocycles. The molecule has 2 aromatic carbocycles. The van der Waals surface area contributed by atoms with E-state index in [1.165, 1.54) is 0 Å². The Kier molecular flexibility index (Phi) is 6.69. The Balaban J connectivity index is 1.62. The molecule has 2 heterocycles. The summed E-state index contributed by atoms with van der Waals surface area (Å²) in [4.78, 5) is 17.8. The summed E-state index contributed by atoms with van der Waals surface area (Å²) in [7, 11) is 1.65. The van der Waals surface area contributed by atoms with Gasteiger partial charge in [-0.1, -0.05) is 30.3 Å². The molecule has 3 aromatic rings. The highest BCUT2D eigenvalue weighted by Gasteiger charge is 2.17. The third-order valence-corrected chi connectivity index (χ3v) is 5.43. The average molecular weight is 440 g/mol. The van der Waals surface area contributed by atoms with Crippen molar-refractivity contribution >= 4 is 28.2 Å². The highest BCUT2D eigenvalue weighted by atomic mass is 32.1. The second-order valence-corrected chi connectivity index (χ2v) is 7.66. The monoisotopic (exact) mass is 439 g/mol. The van der Waals surface area contributed by atoms with Gasteiger partial charge >= 0.3 is 0 Å². The molecule has 0 bridgehead atoms. The zero-order valence-electron chi connectivity index (χ0n) is 17.3. The number of fused-ring (bicyclic) bond motifs is 2. The van der Waals surface area contributed by atoms with E-state index in [-0.39, 0.29) is 5.56 Å². The van der Waals surface area contributed by atoms with Crippen molar-refractivity contribution in [2.45, 2.75) is 13.1 Å². The molecule has 7 nitrogen and oxygen atoms in total. The molecule has 2 N–H and O–H groups in total. The van der Waals surface area contributed by atoms with E-state index in [0.29, 0.717) is 67.1 Å². The standard InChI is InChI=1S/C23H25N3O4S/c1-28-8-7-24-23(31)26(14-16-5-3-2-4-6-16)15-18-11-17-12-20-21(30-10-9-29-20)13-19(17)25-22(18)27/h2-6,11-13H,7-10,14-15H2,1H3,(H,24,31)(H,25,27). The van der Waals surface area contributed by atoms with Crippen LogP contribution in [0.2, 0.25) is 0 Å². The van der Waals surface area contributed by atoms with Gasteiger partial charge in [0.15, 0.2) is 16.6 Å². The number of methoxy groups -OCH3 is 1. The Morgan fingerprint density at radius 1 is 1.13 bits per heavy atom. The topological polar surface area (TPSA) is 75.8 Å². The second kappa shape index (κ2) is 9.80. The van der Waals surface area contributed by atoms with E-state index in [4.69, 9.17) is 26.4 Å². The lowest BCUT2D eigenvalue weighted by atomic mass is 10.1. The number of hydrogen-bond donors (Lipinski definition) is 2. The molecule has 1 aliphatic rings. The van der Waals surface area contributed by atoms with Crippen LogP contribution in [0.25, 0.3) is 10.9 Å². The van der Waals surface area contributed by atoms with Crippen molar-refractivity contribution < 1.29 is 14.2 Å². The molecule has 31 heavy (non-hydrogen) atoms. The van der Waals surface area contributed by atoms with E-state index >= 15 is 0 Å². The third kappa shape index (κ3) is 5.15. The predicted octanol–water partition coefficient (Wildman–Crippen LogP) is 2.82. The summed E-state index contributed by atoms with van der Waals surface area (Å²) < 4.78 is 16.4. The average Bonchev–Trinajstić information content (AvgIpc) is 2.78. The first-order chi connectivity index (χ1) is 15.1. The van der Waals surface area contributed by atoms with Gasteiger partial charge in [0.05, 0.1) is 18.7 Å². The minimum absolute atomic E-state index is 0.151. The van der Waals surface area contributed by atoms with Crippen molar-refractivity contribution in [2.75, 3.05) is 33.5 Å². The summed E-state index contributed by atoms with van der Waals surface area (Å²) in [6.07, 6.45) is 0. The normalized spacial score (nSPS) is 12.5. The van der Waals surface area contributed by atoms with Gasteiger partial charge in [-0.15, -0.1) is 0 Å². The molecular formula is C23H25N3O4S. The van der Waals surface area contributed by atoms with Crippen LogP contribution in [-0.4, -0.2) is 48.5 Å². The predicted molar refractivity (Wildman–Crippen MR) is 124 cm³/mol. The fourth-order valence-electron chi connectivity index (χ4n) is 3.49. The summed E-state index contributed by atoms with van der Waals surface area (Å²) in [5, 5.41) is 4.66. The van der Waals surface area contributed by atoms with E-state index in [1.54, 1.807) is 7.11 Å². The number of pyridine rings is 1. The number of rotatable bonds is 7. The van der Waals surface area contributed by atoms with Gasteiger partial charge in [0.25, 0.3) is 5.56 Å². The molecule has 0 fully saturated rings. The lowest BCUT2D eigenvalue weighted by Crippen LogP contribution is -2.41. The first-order valence-corrected chi connectivity index (χ1v) is 10.6. The summed E-state index contributed by atoms with van der Waals surface area (Å²) in [5.41, 5.74) is 2.29. The SMILES string of the molecule is COCCNC(=S)N(Cc1ccccc1)Cc1cc2cc3c(cc2[nH]c1=O)OCCO3. The number of aromatic nitrogens is 1. The Bertz CT molecular complexity index is 1120. The number of thiocarbonyl (C=S) groups is 1. The lowest BCUT2D eigenvalue weighted by molar-refractivity contribution is 0.172. The quantitative estimate of drug-likeness (QED) is 0.433. The van der Waals surface area contributed by atoms with Crippen LogP contribution >= 0.6 is 12.2 Å². The molecule has 0 radical (unpaired) electrons. The molecule has 0 saturated carbocycles. The van der Waals surface area contributed by atoms with Gasteiger partial charge < -0.3 is 29.4 Å². The zero-order chi connectivity index (χ0) is 21.6. The van der Waals surface area contributed by atoms with Crippen molar-refractivity contribution in [3.63, 3.8) is 0 Å². The molecule has 0 spiro atoms. The van der Waals surface area contributed by atoms with Gasteiger partial charge in [0.2, 0.25) is 0 Å². The van der Waals surface area contributed by atoms with E-state index in [9.17, 15) is 4.79 Å². The summed E-state index contributed by atoms with van der Waals surface area (Å²) in [6, 6.07) is 15.6. The van der Waals surface area contributed by atoms with Crippen LogP contribution in [0.1, 0.15) is 11.1 Å². The Morgan fingerprint density at radius 2 is 1.87 bits per heavy atom. The Hall–Kier alpha value is -3.10.